The average molecular weight is 277 g/mol. The highest BCUT2D eigenvalue weighted by molar-refractivity contribution is 7.99. The lowest BCUT2D eigenvalue weighted by molar-refractivity contribution is 0.594. The van der Waals surface area contributed by atoms with Gasteiger partial charge < -0.3 is 15.5 Å². The first-order valence-electron chi connectivity index (χ1n) is 6.79. The van der Waals surface area contributed by atoms with Gasteiger partial charge in [0.25, 0.3) is 6.01 Å². The minimum atomic E-state index is 0.481. The van der Waals surface area contributed by atoms with E-state index in [4.69, 9.17) is 10.2 Å². The van der Waals surface area contributed by atoms with E-state index in [1.165, 1.54) is 25.0 Å². The Labute approximate surface area is 117 Å². The zero-order valence-electron chi connectivity index (χ0n) is 11.1. The van der Waals surface area contributed by atoms with Gasteiger partial charge in [-0.05, 0) is 43.2 Å². The number of benzene rings is 1. The Morgan fingerprint density at radius 3 is 3.21 bits per heavy atom. The number of nitrogens with two attached hydrogens (primary N) is 1. The first kappa shape index (κ1) is 12.7. The van der Waals surface area contributed by atoms with Crippen LogP contribution in [0.2, 0.25) is 0 Å². The SMILES string of the molecule is CCSC1CCC(Nc2nc3cc(N)ccc3o2)C1. The third-order valence-corrected chi connectivity index (χ3v) is 4.76. The molecule has 0 bridgehead atoms. The highest BCUT2D eigenvalue weighted by Gasteiger charge is 2.25. The van der Waals surface area contributed by atoms with Crippen LogP contribution in [-0.4, -0.2) is 22.0 Å². The molecule has 0 amide bonds. The summed E-state index contributed by atoms with van der Waals surface area (Å²) in [4.78, 5) is 4.44. The van der Waals surface area contributed by atoms with E-state index in [0.717, 1.165) is 16.3 Å². The van der Waals surface area contributed by atoms with Gasteiger partial charge in [0.05, 0.1) is 0 Å². The highest BCUT2D eigenvalue weighted by atomic mass is 32.2. The maximum absolute atomic E-state index is 5.74. The van der Waals surface area contributed by atoms with Crippen molar-refractivity contribution >= 4 is 34.6 Å². The number of nitrogen functional groups attached to an aromatic ring is 1. The molecule has 4 nitrogen and oxygen atoms in total. The van der Waals surface area contributed by atoms with E-state index in [2.05, 4.69) is 29.0 Å². The van der Waals surface area contributed by atoms with Crippen molar-refractivity contribution in [2.75, 3.05) is 16.8 Å². The first-order valence-corrected chi connectivity index (χ1v) is 7.83. The monoisotopic (exact) mass is 277 g/mol. The van der Waals surface area contributed by atoms with Crippen molar-refractivity contribution in [3.8, 4) is 0 Å². The molecular weight excluding hydrogens is 258 g/mol. The summed E-state index contributed by atoms with van der Waals surface area (Å²) >= 11 is 2.05. The van der Waals surface area contributed by atoms with Gasteiger partial charge in [-0.3, -0.25) is 0 Å². The molecule has 1 saturated carbocycles. The summed E-state index contributed by atoms with van der Waals surface area (Å²) in [6, 6.07) is 6.64. The molecule has 2 unspecified atom stereocenters. The predicted octanol–water partition coefficient (Wildman–Crippen LogP) is 3.50. The molecule has 2 aromatic rings. The summed E-state index contributed by atoms with van der Waals surface area (Å²) in [7, 11) is 0. The van der Waals surface area contributed by atoms with Crippen molar-refractivity contribution in [2.24, 2.45) is 0 Å². The van der Waals surface area contributed by atoms with E-state index >= 15 is 0 Å². The van der Waals surface area contributed by atoms with Crippen LogP contribution in [0.1, 0.15) is 26.2 Å². The van der Waals surface area contributed by atoms with Crippen molar-refractivity contribution < 1.29 is 4.42 Å². The van der Waals surface area contributed by atoms with Crippen molar-refractivity contribution in [2.45, 2.75) is 37.5 Å². The number of fused-ring (bicyclic) bond motifs is 1. The lowest BCUT2D eigenvalue weighted by Gasteiger charge is -2.10. The maximum atomic E-state index is 5.74. The Morgan fingerprint density at radius 2 is 2.37 bits per heavy atom. The average Bonchev–Trinajstić information content (AvgIpc) is 2.96. The molecule has 5 heteroatoms. The fourth-order valence-corrected chi connectivity index (χ4v) is 3.78. The number of anilines is 2. The molecule has 102 valence electrons. The standard InChI is InChI=1S/C14H19N3OS/c1-2-19-11-5-4-10(8-11)16-14-17-12-7-9(15)3-6-13(12)18-14/h3,6-7,10-11H,2,4-5,8,15H2,1H3,(H,16,17). The van der Waals surface area contributed by atoms with Gasteiger partial charge in [-0.1, -0.05) is 6.92 Å². The number of oxazole rings is 1. The molecule has 0 saturated heterocycles. The molecule has 3 N–H and O–H groups in total. The van der Waals surface area contributed by atoms with E-state index in [-0.39, 0.29) is 0 Å². The Balaban J connectivity index is 1.68. The summed E-state index contributed by atoms with van der Waals surface area (Å²) in [6.07, 6.45) is 3.67. The van der Waals surface area contributed by atoms with Crippen LogP contribution in [0.15, 0.2) is 22.6 Å². The molecule has 3 rings (SSSR count). The summed E-state index contributed by atoms with van der Waals surface area (Å²) in [5, 5.41) is 4.19. The van der Waals surface area contributed by atoms with Gasteiger partial charge in [0, 0.05) is 17.0 Å². The third-order valence-electron chi connectivity index (χ3n) is 3.53. The molecule has 1 aliphatic rings. The molecule has 0 spiro atoms. The fourth-order valence-electron chi connectivity index (χ4n) is 2.64. The lowest BCUT2D eigenvalue weighted by Crippen LogP contribution is -2.16. The molecule has 1 aliphatic carbocycles. The largest absolute Gasteiger partial charge is 0.424 e. The smallest absolute Gasteiger partial charge is 0.295 e. The normalized spacial score (nSPS) is 23.0. The topological polar surface area (TPSA) is 64.1 Å². The van der Waals surface area contributed by atoms with E-state index in [1.807, 2.05) is 18.2 Å². The van der Waals surface area contributed by atoms with Gasteiger partial charge >= 0.3 is 0 Å². The van der Waals surface area contributed by atoms with Gasteiger partial charge in [0.2, 0.25) is 0 Å². The molecule has 19 heavy (non-hydrogen) atoms. The van der Waals surface area contributed by atoms with Gasteiger partial charge in [-0.25, -0.2) is 0 Å². The number of aromatic nitrogens is 1. The molecule has 2 atom stereocenters. The summed E-state index contributed by atoms with van der Waals surface area (Å²) in [6.45, 7) is 2.22. The summed E-state index contributed by atoms with van der Waals surface area (Å²) in [5.74, 6) is 1.19. The van der Waals surface area contributed by atoms with E-state index < -0.39 is 0 Å². The molecule has 1 heterocycles. The van der Waals surface area contributed by atoms with E-state index in [1.54, 1.807) is 0 Å². The van der Waals surface area contributed by atoms with Gasteiger partial charge in [-0.15, -0.1) is 0 Å². The van der Waals surface area contributed by atoms with Crippen LogP contribution in [0.5, 0.6) is 0 Å². The molecular formula is C14H19N3OS. The van der Waals surface area contributed by atoms with Gasteiger partial charge in [-0.2, -0.15) is 16.7 Å². The van der Waals surface area contributed by atoms with Crippen LogP contribution in [0.25, 0.3) is 11.1 Å². The number of nitrogens with one attached hydrogen (secondary N) is 1. The van der Waals surface area contributed by atoms with E-state index in [0.29, 0.717) is 17.7 Å². The number of hydrogen-bond acceptors (Lipinski definition) is 5. The van der Waals surface area contributed by atoms with Crippen molar-refractivity contribution in [1.29, 1.82) is 0 Å². The van der Waals surface area contributed by atoms with Gasteiger partial charge in [0.15, 0.2) is 5.58 Å². The number of nitrogens with zero attached hydrogens (tertiary/aromatic N) is 1. The van der Waals surface area contributed by atoms with Crippen LogP contribution < -0.4 is 11.1 Å². The second-order valence-corrected chi connectivity index (χ2v) is 6.56. The fraction of sp³-hybridized carbons (Fsp3) is 0.500. The third kappa shape index (κ3) is 2.81. The molecule has 1 aromatic carbocycles. The molecule has 0 radical (unpaired) electrons. The Morgan fingerprint density at radius 1 is 1.47 bits per heavy atom. The van der Waals surface area contributed by atoms with E-state index in [9.17, 15) is 0 Å². The van der Waals surface area contributed by atoms with Gasteiger partial charge in [0.1, 0.15) is 5.52 Å². The first-order chi connectivity index (χ1) is 9.24. The molecule has 1 aromatic heterocycles. The Hall–Kier alpha value is -1.36. The summed E-state index contributed by atoms with van der Waals surface area (Å²) < 4.78 is 5.70. The summed E-state index contributed by atoms with van der Waals surface area (Å²) in [5.41, 5.74) is 8.06. The molecule has 1 fully saturated rings. The second-order valence-electron chi connectivity index (χ2n) is 4.98. The Bertz CT molecular complexity index is 569. The van der Waals surface area contributed by atoms with Crippen LogP contribution in [0, 0.1) is 0 Å². The van der Waals surface area contributed by atoms with Crippen LogP contribution in [-0.2, 0) is 0 Å². The number of thioether (sulfide) groups is 1. The Kier molecular flexibility index (Phi) is 3.55. The minimum Gasteiger partial charge on any atom is -0.424 e. The number of hydrogen-bond donors (Lipinski definition) is 2. The lowest BCUT2D eigenvalue weighted by atomic mass is 10.3. The zero-order chi connectivity index (χ0) is 13.2. The van der Waals surface area contributed by atoms with Crippen molar-refractivity contribution in [3.05, 3.63) is 18.2 Å². The van der Waals surface area contributed by atoms with Crippen molar-refractivity contribution in [3.63, 3.8) is 0 Å². The highest BCUT2D eigenvalue weighted by Crippen LogP contribution is 2.32. The quantitative estimate of drug-likeness (QED) is 0.837. The van der Waals surface area contributed by atoms with Crippen LogP contribution in [0.3, 0.4) is 0 Å². The minimum absolute atomic E-state index is 0.481. The van der Waals surface area contributed by atoms with Crippen molar-refractivity contribution in [1.82, 2.24) is 4.98 Å². The molecule has 0 aliphatic heterocycles. The predicted molar refractivity (Wildman–Crippen MR) is 81.6 cm³/mol. The van der Waals surface area contributed by atoms with Crippen LogP contribution >= 0.6 is 11.8 Å². The second kappa shape index (κ2) is 5.33. The zero-order valence-corrected chi connectivity index (χ0v) is 11.9. The number of rotatable bonds is 4. The maximum Gasteiger partial charge on any atom is 0.295 e. The van der Waals surface area contributed by atoms with Crippen LogP contribution in [0.4, 0.5) is 11.7 Å².